The maximum absolute atomic E-state index is 12.9. The van der Waals surface area contributed by atoms with E-state index in [1.54, 1.807) is 12.1 Å². The van der Waals surface area contributed by atoms with Crippen LogP contribution in [-0.4, -0.2) is 41.3 Å². The Morgan fingerprint density at radius 2 is 1.89 bits per heavy atom. The first-order valence-electron chi connectivity index (χ1n) is 8.98. The van der Waals surface area contributed by atoms with Gasteiger partial charge in [-0.3, -0.25) is 0 Å². The smallest absolute Gasteiger partial charge is 0.241 e. The number of quaternary nitrogens is 1. The molecular formula is C20H24N3O3S+. The third-order valence-electron chi connectivity index (χ3n) is 4.74. The monoisotopic (exact) mass is 386 g/mol. The van der Waals surface area contributed by atoms with Crippen LogP contribution in [0.15, 0.2) is 53.4 Å². The zero-order valence-electron chi connectivity index (χ0n) is 15.3. The predicted molar refractivity (Wildman–Crippen MR) is 102 cm³/mol. The number of nitrogens with zero attached hydrogens (tertiary/aromatic N) is 1. The van der Waals surface area contributed by atoms with E-state index in [0.29, 0.717) is 25.3 Å². The van der Waals surface area contributed by atoms with Crippen molar-refractivity contribution in [1.82, 2.24) is 4.72 Å². The van der Waals surface area contributed by atoms with E-state index in [-0.39, 0.29) is 10.9 Å². The molecule has 0 amide bonds. The molecule has 3 rings (SSSR count). The number of aryl methyl sites for hydroxylation is 1. The molecule has 142 valence electrons. The van der Waals surface area contributed by atoms with Crippen molar-refractivity contribution in [2.24, 2.45) is 0 Å². The van der Waals surface area contributed by atoms with Crippen LogP contribution in [0.1, 0.15) is 22.7 Å². The van der Waals surface area contributed by atoms with E-state index < -0.39 is 10.0 Å². The van der Waals surface area contributed by atoms with Gasteiger partial charge >= 0.3 is 0 Å². The van der Waals surface area contributed by atoms with Crippen molar-refractivity contribution in [3.05, 3.63) is 65.2 Å². The Kier molecular flexibility index (Phi) is 6.24. The number of nitriles is 1. The summed E-state index contributed by atoms with van der Waals surface area (Å²) in [6, 6.07) is 15.6. The highest BCUT2D eigenvalue weighted by molar-refractivity contribution is 7.89. The van der Waals surface area contributed by atoms with Crippen molar-refractivity contribution in [1.29, 1.82) is 5.26 Å². The fourth-order valence-corrected chi connectivity index (χ4v) is 4.44. The molecule has 0 aliphatic carbocycles. The van der Waals surface area contributed by atoms with E-state index in [1.807, 2.05) is 37.3 Å². The average molecular weight is 386 g/mol. The van der Waals surface area contributed by atoms with Crippen molar-refractivity contribution < 1.29 is 18.1 Å². The van der Waals surface area contributed by atoms with Gasteiger partial charge in [0.25, 0.3) is 0 Å². The summed E-state index contributed by atoms with van der Waals surface area (Å²) in [7, 11) is -3.75. The summed E-state index contributed by atoms with van der Waals surface area (Å²) < 4.78 is 34.1. The first-order valence-corrected chi connectivity index (χ1v) is 10.5. The van der Waals surface area contributed by atoms with Gasteiger partial charge in [0.05, 0.1) is 42.3 Å². The minimum atomic E-state index is -3.75. The lowest BCUT2D eigenvalue weighted by molar-refractivity contribution is -0.909. The lowest BCUT2D eigenvalue weighted by Gasteiger charge is -2.28. The number of rotatable bonds is 6. The second-order valence-electron chi connectivity index (χ2n) is 6.79. The molecule has 0 saturated carbocycles. The van der Waals surface area contributed by atoms with Crippen molar-refractivity contribution >= 4 is 10.0 Å². The fraction of sp³-hybridized carbons (Fsp3) is 0.350. The number of benzene rings is 2. The third-order valence-corrected chi connectivity index (χ3v) is 6.21. The molecule has 1 aliphatic rings. The number of sulfonamides is 1. The molecule has 0 radical (unpaired) electrons. The molecule has 7 heteroatoms. The zero-order chi connectivity index (χ0) is 19.3. The Morgan fingerprint density at radius 1 is 1.19 bits per heavy atom. The SMILES string of the molecule is Cc1ccc([C@H](C[NH+]2CCOCC2)NS(=O)(=O)c2cccc(C#N)c2)cc1. The average Bonchev–Trinajstić information content (AvgIpc) is 2.69. The Morgan fingerprint density at radius 3 is 2.56 bits per heavy atom. The number of ether oxygens (including phenoxy) is 1. The molecule has 0 aromatic heterocycles. The molecule has 1 atom stereocenters. The lowest BCUT2D eigenvalue weighted by atomic mass is 10.1. The van der Waals surface area contributed by atoms with Crippen LogP contribution in [0.4, 0.5) is 0 Å². The van der Waals surface area contributed by atoms with Crippen molar-refractivity contribution in [3.63, 3.8) is 0 Å². The van der Waals surface area contributed by atoms with Crippen LogP contribution in [-0.2, 0) is 14.8 Å². The standard InChI is InChI=1S/C20H23N3O3S/c1-16-5-7-18(8-6-16)20(15-23-9-11-26-12-10-23)22-27(24,25)19-4-2-3-17(13-19)14-21/h2-8,13,20,22H,9-12,15H2,1H3/p+1/t20-/m0/s1. The normalized spacial score (nSPS) is 16.6. The van der Waals surface area contributed by atoms with Crippen LogP contribution in [0.25, 0.3) is 0 Å². The van der Waals surface area contributed by atoms with Gasteiger partial charge in [-0.2, -0.15) is 9.98 Å². The Hall–Kier alpha value is -2.24. The summed E-state index contributed by atoms with van der Waals surface area (Å²) in [6.45, 7) is 5.73. The van der Waals surface area contributed by atoms with Gasteiger partial charge < -0.3 is 9.64 Å². The van der Waals surface area contributed by atoms with Crippen LogP contribution in [0.5, 0.6) is 0 Å². The Bertz CT molecular complexity index is 914. The first-order chi connectivity index (χ1) is 13.0. The van der Waals surface area contributed by atoms with E-state index in [4.69, 9.17) is 10.00 Å². The molecule has 2 aromatic rings. The van der Waals surface area contributed by atoms with Gasteiger partial charge in [0.1, 0.15) is 13.1 Å². The number of nitrogens with one attached hydrogen (secondary N) is 2. The molecule has 1 heterocycles. The summed E-state index contributed by atoms with van der Waals surface area (Å²) in [5.74, 6) is 0. The molecule has 2 aromatic carbocycles. The van der Waals surface area contributed by atoms with E-state index >= 15 is 0 Å². The predicted octanol–water partition coefficient (Wildman–Crippen LogP) is 0.801. The Balaban J connectivity index is 1.87. The number of morpholine rings is 1. The van der Waals surface area contributed by atoms with Crippen molar-refractivity contribution in [2.45, 2.75) is 17.9 Å². The van der Waals surface area contributed by atoms with Gasteiger partial charge in [-0.25, -0.2) is 8.42 Å². The van der Waals surface area contributed by atoms with Gasteiger partial charge in [-0.15, -0.1) is 0 Å². The van der Waals surface area contributed by atoms with Crippen molar-refractivity contribution in [2.75, 3.05) is 32.8 Å². The van der Waals surface area contributed by atoms with Gasteiger partial charge in [-0.05, 0) is 30.7 Å². The van der Waals surface area contributed by atoms with Crippen LogP contribution in [0.3, 0.4) is 0 Å². The van der Waals surface area contributed by atoms with Gasteiger partial charge in [0, 0.05) is 0 Å². The second kappa shape index (κ2) is 8.63. The second-order valence-corrected chi connectivity index (χ2v) is 8.50. The maximum Gasteiger partial charge on any atom is 0.241 e. The van der Waals surface area contributed by atoms with E-state index in [1.165, 1.54) is 17.0 Å². The number of hydrogen-bond donors (Lipinski definition) is 2. The van der Waals surface area contributed by atoms with E-state index in [2.05, 4.69) is 4.72 Å². The molecule has 1 fully saturated rings. The van der Waals surface area contributed by atoms with Crippen LogP contribution >= 0.6 is 0 Å². The van der Waals surface area contributed by atoms with Crippen LogP contribution in [0, 0.1) is 18.3 Å². The lowest BCUT2D eigenvalue weighted by Crippen LogP contribution is -3.14. The van der Waals surface area contributed by atoms with Crippen molar-refractivity contribution in [3.8, 4) is 6.07 Å². The summed E-state index contributed by atoms with van der Waals surface area (Å²) in [4.78, 5) is 1.41. The number of hydrogen-bond acceptors (Lipinski definition) is 4. The molecule has 0 unspecified atom stereocenters. The van der Waals surface area contributed by atoms with Gasteiger partial charge in [-0.1, -0.05) is 35.9 Å². The maximum atomic E-state index is 12.9. The molecular weight excluding hydrogens is 362 g/mol. The third kappa shape index (κ3) is 5.15. The summed E-state index contributed by atoms with van der Waals surface area (Å²) in [5.41, 5.74) is 2.38. The zero-order valence-corrected chi connectivity index (χ0v) is 16.1. The molecule has 1 aliphatic heterocycles. The molecule has 1 saturated heterocycles. The molecule has 6 nitrogen and oxygen atoms in total. The highest BCUT2D eigenvalue weighted by atomic mass is 32.2. The largest absolute Gasteiger partial charge is 0.370 e. The molecule has 0 spiro atoms. The van der Waals surface area contributed by atoms with Crippen LogP contribution < -0.4 is 9.62 Å². The summed E-state index contributed by atoms with van der Waals surface area (Å²) in [6.07, 6.45) is 0. The molecule has 27 heavy (non-hydrogen) atoms. The van der Waals surface area contributed by atoms with Gasteiger partial charge in [0.15, 0.2) is 0 Å². The molecule has 0 bridgehead atoms. The fourth-order valence-electron chi connectivity index (χ4n) is 3.17. The molecule has 2 N–H and O–H groups in total. The summed E-state index contributed by atoms with van der Waals surface area (Å²) >= 11 is 0. The minimum Gasteiger partial charge on any atom is -0.370 e. The first kappa shape index (κ1) is 19.5. The highest BCUT2D eigenvalue weighted by Gasteiger charge is 2.26. The quantitative estimate of drug-likeness (QED) is 0.769. The minimum absolute atomic E-state index is 0.107. The van der Waals surface area contributed by atoms with E-state index in [0.717, 1.165) is 24.2 Å². The van der Waals surface area contributed by atoms with E-state index in [9.17, 15) is 8.42 Å². The van der Waals surface area contributed by atoms with Gasteiger partial charge in [0.2, 0.25) is 10.0 Å². The van der Waals surface area contributed by atoms with Crippen LogP contribution in [0.2, 0.25) is 0 Å². The highest BCUT2D eigenvalue weighted by Crippen LogP contribution is 2.18. The Labute approximate surface area is 160 Å². The topological polar surface area (TPSA) is 83.6 Å². The summed E-state index contributed by atoms with van der Waals surface area (Å²) in [5, 5.41) is 9.05.